The van der Waals surface area contributed by atoms with Crippen molar-refractivity contribution in [2.45, 2.75) is 12.5 Å². The van der Waals surface area contributed by atoms with E-state index >= 15 is 0 Å². The van der Waals surface area contributed by atoms with Crippen molar-refractivity contribution in [1.82, 2.24) is 10.2 Å². The molecule has 0 saturated carbocycles. The van der Waals surface area contributed by atoms with Crippen LogP contribution in [0.1, 0.15) is 16.8 Å². The molecule has 0 bridgehead atoms. The molecule has 1 aliphatic heterocycles. The quantitative estimate of drug-likeness (QED) is 0.859. The minimum atomic E-state index is -0.367. The second-order valence-corrected chi connectivity index (χ2v) is 5.23. The van der Waals surface area contributed by atoms with Gasteiger partial charge in [-0.2, -0.15) is 0 Å². The van der Waals surface area contributed by atoms with Crippen LogP contribution in [0.5, 0.6) is 5.75 Å². The van der Waals surface area contributed by atoms with Crippen molar-refractivity contribution in [3.8, 4) is 5.75 Å². The van der Waals surface area contributed by atoms with E-state index < -0.39 is 0 Å². The third-order valence-electron chi connectivity index (χ3n) is 2.88. The Bertz CT molecular complexity index is 504. The van der Waals surface area contributed by atoms with Gasteiger partial charge in [-0.15, -0.1) is 0 Å². The van der Waals surface area contributed by atoms with Gasteiger partial charge in [-0.3, -0.25) is 9.59 Å². The lowest BCUT2D eigenvalue weighted by Crippen LogP contribution is -2.36. The van der Waals surface area contributed by atoms with Crippen molar-refractivity contribution in [3.63, 3.8) is 0 Å². The number of nitrogens with one attached hydrogen (secondary N) is 1. The fraction of sp³-hybridized carbons (Fsp3) is 0.333. The van der Waals surface area contributed by atoms with E-state index in [-0.39, 0.29) is 29.2 Å². The van der Waals surface area contributed by atoms with Crippen LogP contribution in [-0.4, -0.2) is 41.5 Å². The molecule has 0 spiro atoms. The Balaban J connectivity index is 2.06. The highest BCUT2D eigenvalue weighted by Gasteiger charge is 2.28. The Kier molecular flexibility index (Phi) is 3.56. The fourth-order valence-electron chi connectivity index (χ4n) is 1.92. The second kappa shape index (κ2) is 4.97. The summed E-state index contributed by atoms with van der Waals surface area (Å²) in [7, 11) is 1.70. The average Bonchev–Trinajstić information content (AvgIpc) is 2.57. The Morgan fingerprint density at radius 3 is 2.83 bits per heavy atom. The maximum absolute atomic E-state index is 11.9. The number of carbonyl (C=O) groups excluding carboxylic acids is 2. The van der Waals surface area contributed by atoms with Gasteiger partial charge in [-0.05, 0) is 18.2 Å². The molecule has 1 fully saturated rings. The molecular weight excluding hydrogens is 300 g/mol. The topological polar surface area (TPSA) is 69.6 Å². The third-order valence-corrected chi connectivity index (χ3v) is 3.37. The van der Waals surface area contributed by atoms with Crippen molar-refractivity contribution in [2.75, 3.05) is 13.6 Å². The van der Waals surface area contributed by atoms with Crippen LogP contribution in [0.4, 0.5) is 0 Å². The molecule has 0 radical (unpaired) electrons. The fourth-order valence-corrected chi connectivity index (χ4v) is 2.27. The summed E-state index contributed by atoms with van der Waals surface area (Å²) in [6.45, 7) is 0.502. The number of benzene rings is 1. The summed E-state index contributed by atoms with van der Waals surface area (Å²) < 4.78 is 0.701. The van der Waals surface area contributed by atoms with Gasteiger partial charge < -0.3 is 15.3 Å². The van der Waals surface area contributed by atoms with Gasteiger partial charge in [0.1, 0.15) is 5.75 Å². The molecule has 1 saturated heterocycles. The molecule has 1 unspecified atom stereocenters. The van der Waals surface area contributed by atoms with Crippen LogP contribution in [-0.2, 0) is 4.79 Å². The van der Waals surface area contributed by atoms with E-state index in [1.54, 1.807) is 18.0 Å². The van der Waals surface area contributed by atoms with Crippen LogP contribution < -0.4 is 5.32 Å². The summed E-state index contributed by atoms with van der Waals surface area (Å²) in [6.07, 6.45) is 0.305. The number of hydrogen-bond acceptors (Lipinski definition) is 3. The van der Waals surface area contributed by atoms with Crippen LogP contribution in [0.3, 0.4) is 0 Å². The number of likely N-dealkylation sites (N-methyl/N-ethyl adjacent to an activating group) is 1. The molecule has 1 aliphatic rings. The minimum absolute atomic E-state index is 0.0142. The maximum atomic E-state index is 11.9. The van der Waals surface area contributed by atoms with Gasteiger partial charge in [0, 0.05) is 24.5 Å². The van der Waals surface area contributed by atoms with Crippen molar-refractivity contribution in [3.05, 3.63) is 28.2 Å². The van der Waals surface area contributed by atoms with E-state index in [9.17, 15) is 14.7 Å². The lowest BCUT2D eigenvalue weighted by Gasteiger charge is -2.13. The number of rotatable bonds is 2. The number of likely N-dealkylation sites (tertiary alicyclic amines) is 1. The molecule has 1 aromatic rings. The number of carbonyl (C=O) groups is 2. The summed E-state index contributed by atoms with van der Waals surface area (Å²) in [6, 6.07) is 4.48. The van der Waals surface area contributed by atoms with Crippen LogP contribution in [0, 0.1) is 0 Å². The summed E-state index contributed by atoms with van der Waals surface area (Å²) in [4.78, 5) is 24.8. The molecule has 0 aromatic heterocycles. The predicted molar refractivity (Wildman–Crippen MR) is 69.3 cm³/mol. The van der Waals surface area contributed by atoms with E-state index in [2.05, 4.69) is 21.2 Å². The Morgan fingerprint density at radius 1 is 1.56 bits per heavy atom. The van der Waals surface area contributed by atoms with Crippen molar-refractivity contribution < 1.29 is 14.7 Å². The lowest BCUT2D eigenvalue weighted by molar-refractivity contribution is -0.126. The summed E-state index contributed by atoms with van der Waals surface area (Å²) in [5.74, 6) is -0.437. The number of hydrogen-bond donors (Lipinski definition) is 2. The van der Waals surface area contributed by atoms with E-state index in [1.165, 1.54) is 12.1 Å². The molecule has 1 atom stereocenters. The van der Waals surface area contributed by atoms with Crippen LogP contribution in [0.2, 0.25) is 0 Å². The van der Waals surface area contributed by atoms with Crippen LogP contribution in [0.15, 0.2) is 22.7 Å². The molecule has 0 aliphatic carbocycles. The van der Waals surface area contributed by atoms with Gasteiger partial charge in [-0.25, -0.2) is 0 Å². The SMILES string of the molecule is CN1CC(NC(=O)c2ccc(Br)cc2O)CC1=O. The molecule has 1 aromatic carbocycles. The third kappa shape index (κ3) is 2.64. The summed E-state index contributed by atoms with van der Waals surface area (Å²) >= 11 is 3.21. The van der Waals surface area contributed by atoms with Crippen molar-refractivity contribution in [1.29, 1.82) is 0 Å². The Hall–Kier alpha value is -1.56. The van der Waals surface area contributed by atoms with Gasteiger partial charge in [0.25, 0.3) is 5.91 Å². The van der Waals surface area contributed by atoms with Gasteiger partial charge in [0.2, 0.25) is 5.91 Å². The molecular formula is C12H13BrN2O3. The van der Waals surface area contributed by atoms with Gasteiger partial charge in [0.15, 0.2) is 0 Å². The zero-order valence-electron chi connectivity index (χ0n) is 9.81. The molecule has 2 N–H and O–H groups in total. The van der Waals surface area contributed by atoms with Crippen molar-refractivity contribution in [2.24, 2.45) is 0 Å². The molecule has 96 valence electrons. The highest BCUT2D eigenvalue weighted by Crippen LogP contribution is 2.22. The lowest BCUT2D eigenvalue weighted by atomic mass is 10.1. The first-order chi connectivity index (χ1) is 8.47. The average molecular weight is 313 g/mol. The first kappa shape index (κ1) is 12.9. The maximum Gasteiger partial charge on any atom is 0.255 e. The summed E-state index contributed by atoms with van der Waals surface area (Å²) in [5, 5.41) is 12.4. The first-order valence-corrected chi connectivity index (χ1v) is 6.30. The smallest absolute Gasteiger partial charge is 0.255 e. The highest BCUT2D eigenvalue weighted by atomic mass is 79.9. The zero-order chi connectivity index (χ0) is 13.3. The van der Waals surface area contributed by atoms with E-state index in [0.717, 1.165) is 0 Å². The normalized spacial score (nSPS) is 19.1. The highest BCUT2D eigenvalue weighted by molar-refractivity contribution is 9.10. The summed E-state index contributed by atoms with van der Waals surface area (Å²) in [5.41, 5.74) is 0.209. The molecule has 2 rings (SSSR count). The molecule has 5 nitrogen and oxygen atoms in total. The predicted octanol–water partition coefficient (Wildman–Crippen LogP) is 1.12. The zero-order valence-corrected chi connectivity index (χ0v) is 11.4. The van der Waals surface area contributed by atoms with Crippen molar-refractivity contribution >= 4 is 27.7 Å². The largest absolute Gasteiger partial charge is 0.507 e. The van der Waals surface area contributed by atoms with E-state index in [4.69, 9.17) is 0 Å². The molecule has 1 heterocycles. The monoisotopic (exact) mass is 312 g/mol. The number of phenols is 1. The van der Waals surface area contributed by atoms with Gasteiger partial charge >= 0.3 is 0 Å². The standard InChI is InChI=1S/C12H13BrN2O3/c1-15-6-8(5-11(15)17)14-12(18)9-3-2-7(13)4-10(9)16/h2-4,8,16H,5-6H2,1H3,(H,14,18). The second-order valence-electron chi connectivity index (χ2n) is 4.31. The number of halogens is 1. The van der Waals surface area contributed by atoms with Gasteiger partial charge in [0.05, 0.1) is 11.6 Å². The number of amides is 2. The molecule has 6 heteroatoms. The Labute approximate surface area is 113 Å². The minimum Gasteiger partial charge on any atom is -0.507 e. The number of nitrogens with zero attached hydrogens (tertiary/aromatic N) is 1. The number of phenolic OH excluding ortho intramolecular Hbond substituents is 1. The molecule has 18 heavy (non-hydrogen) atoms. The van der Waals surface area contributed by atoms with E-state index in [1.807, 2.05) is 0 Å². The first-order valence-electron chi connectivity index (χ1n) is 5.50. The van der Waals surface area contributed by atoms with Crippen LogP contribution >= 0.6 is 15.9 Å². The number of aromatic hydroxyl groups is 1. The van der Waals surface area contributed by atoms with Gasteiger partial charge in [-0.1, -0.05) is 15.9 Å². The Morgan fingerprint density at radius 2 is 2.28 bits per heavy atom. The van der Waals surface area contributed by atoms with E-state index in [0.29, 0.717) is 17.4 Å². The molecule has 2 amide bonds. The van der Waals surface area contributed by atoms with Crippen LogP contribution in [0.25, 0.3) is 0 Å².